The van der Waals surface area contributed by atoms with Gasteiger partial charge >= 0.3 is 0 Å². The van der Waals surface area contributed by atoms with E-state index in [1.54, 1.807) is 33.6 Å². The highest BCUT2D eigenvalue weighted by atomic mass is 79.9. The molecule has 1 aromatic carbocycles. The van der Waals surface area contributed by atoms with Gasteiger partial charge in [-0.25, -0.2) is 4.98 Å². The molecule has 0 saturated carbocycles. The number of hydrogen-bond donors (Lipinski definition) is 0. The number of hydrogen-bond acceptors (Lipinski definition) is 4. The van der Waals surface area contributed by atoms with Crippen LogP contribution in [0.15, 0.2) is 22.9 Å². The maximum Gasteiger partial charge on any atom is 0.168 e. The summed E-state index contributed by atoms with van der Waals surface area (Å²) in [5.74, 6) is 2.00. The minimum absolute atomic E-state index is 0.634. The Kier molecular flexibility index (Phi) is 3.38. The Morgan fingerprint density at radius 1 is 1.06 bits per heavy atom. The van der Waals surface area contributed by atoms with Crippen molar-refractivity contribution in [3.63, 3.8) is 0 Å². The first kappa shape index (κ1) is 12.0. The molecule has 5 heteroatoms. The Hall–Kier alpha value is -1.49. The molecule has 90 valence electrons. The number of fused-ring (bicyclic) bond motifs is 1. The molecule has 17 heavy (non-hydrogen) atoms. The molecule has 2 aromatic rings. The number of nitrogens with zero attached hydrogens (tertiary/aromatic N) is 1. The molecule has 0 aliphatic heterocycles. The van der Waals surface area contributed by atoms with Gasteiger partial charge in [0.1, 0.15) is 10.4 Å². The summed E-state index contributed by atoms with van der Waals surface area (Å²) >= 11 is 3.41. The highest BCUT2D eigenvalue weighted by molar-refractivity contribution is 9.10. The van der Waals surface area contributed by atoms with E-state index in [0.29, 0.717) is 21.9 Å². The minimum Gasteiger partial charge on any atom is -0.496 e. The second-order valence-electron chi connectivity index (χ2n) is 3.34. The van der Waals surface area contributed by atoms with Crippen molar-refractivity contribution < 1.29 is 14.2 Å². The van der Waals surface area contributed by atoms with Gasteiger partial charge < -0.3 is 14.2 Å². The maximum atomic E-state index is 5.37. The van der Waals surface area contributed by atoms with E-state index in [1.165, 1.54) is 0 Å². The van der Waals surface area contributed by atoms with Crippen molar-refractivity contribution in [2.75, 3.05) is 21.3 Å². The number of pyridine rings is 1. The average Bonchev–Trinajstić information content (AvgIpc) is 2.36. The summed E-state index contributed by atoms with van der Waals surface area (Å²) in [4.78, 5) is 4.19. The van der Waals surface area contributed by atoms with Gasteiger partial charge in [-0.15, -0.1) is 0 Å². The molecule has 0 spiro atoms. The van der Waals surface area contributed by atoms with Crippen LogP contribution in [0.4, 0.5) is 0 Å². The Morgan fingerprint density at radius 3 is 2.35 bits per heavy atom. The summed E-state index contributed by atoms with van der Waals surface area (Å²) in [5, 5.41) is 1.76. The third-order valence-corrected chi connectivity index (χ3v) is 3.13. The van der Waals surface area contributed by atoms with E-state index in [4.69, 9.17) is 14.2 Å². The van der Waals surface area contributed by atoms with Crippen LogP contribution in [0.1, 0.15) is 0 Å². The zero-order chi connectivity index (χ0) is 12.4. The van der Waals surface area contributed by atoms with E-state index in [-0.39, 0.29) is 0 Å². The van der Waals surface area contributed by atoms with Crippen LogP contribution < -0.4 is 14.2 Å². The van der Waals surface area contributed by atoms with Gasteiger partial charge in [0, 0.05) is 17.6 Å². The SMILES string of the molecule is COc1cc(OC)c2c(Br)nccc2c1OC. The predicted molar refractivity (Wildman–Crippen MR) is 69.1 cm³/mol. The molecule has 1 aromatic heterocycles. The lowest BCUT2D eigenvalue weighted by Crippen LogP contribution is -1.95. The van der Waals surface area contributed by atoms with Crippen LogP contribution >= 0.6 is 15.9 Å². The van der Waals surface area contributed by atoms with Crippen LogP contribution in [0.3, 0.4) is 0 Å². The van der Waals surface area contributed by atoms with Crippen molar-refractivity contribution in [3.8, 4) is 17.2 Å². The van der Waals surface area contributed by atoms with Gasteiger partial charge in [0.15, 0.2) is 11.5 Å². The smallest absolute Gasteiger partial charge is 0.168 e. The van der Waals surface area contributed by atoms with E-state index < -0.39 is 0 Å². The molecule has 0 N–H and O–H groups in total. The summed E-state index contributed by atoms with van der Waals surface area (Å²) in [6, 6.07) is 3.65. The predicted octanol–water partition coefficient (Wildman–Crippen LogP) is 3.02. The number of aromatic nitrogens is 1. The first-order valence-electron chi connectivity index (χ1n) is 4.96. The zero-order valence-electron chi connectivity index (χ0n) is 9.78. The fourth-order valence-electron chi connectivity index (χ4n) is 1.77. The van der Waals surface area contributed by atoms with Gasteiger partial charge in [-0.1, -0.05) is 0 Å². The Labute approximate surface area is 108 Å². The van der Waals surface area contributed by atoms with E-state index in [1.807, 2.05) is 6.07 Å². The summed E-state index contributed by atoms with van der Waals surface area (Å²) in [6.07, 6.45) is 1.70. The highest BCUT2D eigenvalue weighted by Crippen LogP contribution is 2.43. The topological polar surface area (TPSA) is 40.6 Å². The molecule has 4 nitrogen and oxygen atoms in total. The second-order valence-corrected chi connectivity index (χ2v) is 4.09. The van der Waals surface area contributed by atoms with Crippen molar-refractivity contribution >= 4 is 26.7 Å². The van der Waals surface area contributed by atoms with E-state index in [0.717, 1.165) is 10.8 Å². The lowest BCUT2D eigenvalue weighted by Gasteiger charge is -2.14. The largest absolute Gasteiger partial charge is 0.496 e. The van der Waals surface area contributed by atoms with Crippen LogP contribution in [0, 0.1) is 0 Å². The number of halogens is 1. The molecular weight excluding hydrogens is 286 g/mol. The molecule has 0 aliphatic carbocycles. The fourth-order valence-corrected chi connectivity index (χ4v) is 2.30. The second kappa shape index (κ2) is 4.79. The highest BCUT2D eigenvalue weighted by Gasteiger charge is 2.16. The van der Waals surface area contributed by atoms with Gasteiger partial charge in [-0.3, -0.25) is 0 Å². The fraction of sp³-hybridized carbons (Fsp3) is 0.250. The quantitative estimate of drug-likeness (QED) is 0.817. The van der Waals surface area contributed by atoms with Gasteiger partial charge in [0.25, 0.3) is 0 Å². The minimum atomic E-state index is 0.634. The van der Waals surface area contributed by atoms with Crippen molar-refractivity contribution in [1.29, 1.82) is 0 Å². The van der Waals surface area contributed by atoms with Crippen LogP contribution in [0.5, 0.6) is 17.2 Å². The van der Waals surface area contributed by atoms with Crippen LogP contribution in [0.2, 0.25) is 0 Å². The first-order chi connectivity index (χ1) is 8.22. The number of benzene rings is 1. The summed E-state index contributed by atoms with van der Waals surface area (Å²) < 4.78 is 16.7. The molecule has 0 unspecified atom stereocenters. The van der Waals surface area contributed by atoms with Crippen LogP contribution in [-0.4, -0.2) is 26.3 Å². The maximum absolute atomic E-state index is 5.37. The molecule has 0 amide bonds. The third kappa shape index (κ3) is 1.91. The molecule has 0 aliphatic rings. The molecule has 1 heterocycles. The van der Waals surface area contributed by atoms with Crippen LogP contribution in [0.25, 0.3) is 10.8 Å². The standard InChI is InChI=1S/C12H12BrNO3/c1-15-8-6-9(16-2)11(17-3)7-4-5-14-12(13)10(7)8/h4-6H,1-3H3. The molecule has 0 fully saturated rings. The van der Waals surface area contributed by atoms with E-state index in [9.17, 15) is 0 Å². The van der Waals surface area contributed by atoms with E-state index >= 15 is 0 Å². The molecule has 0 saturated heterocycles. The molecule has 2 rings (SSSR count). The van der Waals surface area contributed by atoms with Crippen LogP contribution in [-0.2, 0) is 0 Å². The molecule has 0 atom stereocenters. The number of methoxy groups -OCH3 is 3. The van der Waals surface area contributed by atoms with Crippen molar-refractivity contribution in [3.05, 3.63) is 22.9 Å². The van der Waals surface area contributed by atoms with Gasteiger partial charge in [-0.05, 0) is 22.0 Å². The van der Waals surface area contributed by atoms with Gasteiger partial charge in [-0.2, -0.15) is 0 Å². The van der Waals surface area contributed by atoms with Crippen molar-refractivity contribution in [2.24, 2.45) is 0 Å². The average molecular weight is 298 g/mol. The van der Waals surface area contributed by atoms with Crippen molar-refractivity contribution in [2.45, 2.75) is 0 Å². The first-order valence-corrected chi connectivity index (χ1v) is 5.75. The Morgan fingerprint density at radius 2 is 1.76 bits per heavy atom. The van der Waals surface area contributed by atoms with E-state index in [2.05, 4.69) is 20.9 Å². The number of ether oxygens (including phenoxy) is 3. The molecule has 0 radical (unpaired) electrons. The monoisotopic (exact) mass is 297 g/mol. The number of rotatable bonds is 3. The van der Waals surface area contributed by atoms with Gasteiger partial charge in [0.2, 0.25) is 0 Å². The molecule has 0 bridgehead atoms. The third-order valence-electron chi connectivity index (χ3n) is 2.53. The van der Waals surface area contributed by atoms with Crippen molar-refractivity contribution in [1.82, 2.24) is 4.98 Å². The zero-order valence-corrected chi connectivity index (χ0v) is 11.4. The Balaban J connectivity index is 2.91. The summed E-state index contributed by atoms with van der Waals surface area (Å²) in [6.45, 7) is 0. The summed E-state index contributed by atoms with van der Waals surface area (Å²) in [5.41, 5.74) is 0. The molecular formula is C12H12BrNO3. The lowest BCUT2D eigenvalue weighted by molar-refractivity contribution is 0.353. The van der Waals surface area contributed by atoms with Gasteiger partial charge in [0.05, 0.1) is 26.7 Å². The Bertz CT molecular complexity index is 557. The normalized spacial score (nSPS) is 10.4. The lowest BCUT2D eigenvalue weighted by atomic mass is 10.1. The summed E-state index contributed by atoms with van der Waals surface area (Å²) in [7, 11) is 4.82.